The van der Waals surface area contributed by atoms with Crippen molar-refractivity contribution in [3.63, 3.8) is 0 Å². The van der Waals surface area contributed by atoms with Crippen molar-refractivity contribution < 1.29 is 0 Å². The van der Waals surface area contributed by atoms with Crippen LogP contribution in [0.25, 0.3) is 0 Å². The molecule has 2 fully saturated rings. The lowest BCUT2D eigenvalue weighted by atomic mass is 9.93. The summed E-state index contributed by atoms with van der Waals surface area (Å²) in [6.45, 7) is 10.1. The summed E-state index contributed by atoms with van der Waals surface area (Å²) in [5, 5.41) is 3.81. The second-order valence-corrected chi connectivity index (χ2v) is 7.00. The first-order valence-electron chi connectivity index (χ1n) is 8.57. The molecule has 3 atom stereocenters. The quantitative estimate of drug-likeness (QED) is 0.902. The van der Waals surface area contributed by atoms with E-state index in [4.69, 9.17) is 4.98 Å². The van der Waals surface area contributed by atoms with Gasteiger partial charge in [-0.15, -0.1) is 0 Å². The predicted molar refractivity (Wildman–Crippen MR) is 87.1 cm³/mol. The third-order valence-electron chi connectivity index (χ3n) is 5.29. The molecule has 1 N–H and O–H groups in total. The standard InChI is InChI=1S/C18H29N3/c1-4-13(2)18-10-19-17(15-8-9-15)12-21(18)11-16-7-5-6-14(3)20-16/h5-7,13,15,17-19H,4,8-12H2,1-3H3. The number of aromatic nitrogens is 1. The van der Waals surface area contributed by atoms with Gasteiger partial charge in [0.2, 0.25) is 0 Å². The van der Waals surface area contributed by atoms with Gasteiger partial charge in [-0.3, -0.25) is 9.88 Å². The SMILES string of the molecule is CCC(C)C1CNC(C2CC2)CN1Cc1cccc(C)n1. The number of nitrogens with zero attached hydrogens (tertiary/aromatic N) is 2. The summed E-state index contributed by atoms with van der Waals surface area (Å²) >= 11 is 0. The summed E-state index contributed by atoms with van der Waals surface area (Å²) in [5.74, 6) is 1.67. The molecule has 0 spiro atoms. The molecule has 0 aromatic carbocycles. The van der Waals surface area contributed by atoms with E-state index < -0.39 is 0 Å². The van der Waals surface area contributed by atoms with Crippen molar-refractivity contribution in [3.8, 4) is 0 Å². The number of piperazine rings is 1. The summed E-state index contributed by atoms with van der Waals surface area (Å²) < 4.78 is 0. The van der Waals surface area contributed by atoms with Gasteiger partial charge in [-0.1, -0.05) is 26.3 Å². The molecule has 3 nitrogen and oxygen atoms in total. The van der Waals surface area contributed by atoms with Crippen molar-refractivity contribution in [2.24, 2.45) is 11.8 Å². The van der Waals surface area contributed by atoms with Gasteiger partial charge in [0.1, 0.15) is 0 Å². The zero-order valence-electron chi connectivity index (χ0n) is 13.7. The maximum Gasteiger partial charge on any atom is 0.0547 e. The van der Waals surface area contributed by atoms with Crippen LogP contribution in [-0.4, -0.2) is 35.1 Å². The highest BCUT2D eigenvalue weighted by molar-refractivity contribution is 5.10. The third kappa shape index (κ3) is 3.64. The molecule has 2 heterocycles. The van der Waals surface area contributed by atoms with Crippen LogP contribution in [0, 0.1) is 18.8 Å². The minimum Gasteiger partial charge on any atom is -0.311 e. The van der Waals surface area contributed by atoms with Crippen LogP contribution in [0.2, 0.25) is 0 Å². The van der Waals surface area contributed by atoms with Crippen LogP contribution >= 0.6 is 0 Å². The molecule has 2 aliphatic rings. The van der Waals surface area contributed by atoms with Gasteiger partial charge in [-0.25, -0.2) is 0 Å². The average Bonchev–Trinajstić information content (AvgIpc) is 3.31. The second kappa shape index (κ2) is 6.45. The van der Waals surface area contributed by atoms with Gasteiger partial charge in [-0.05, 0) is 43.7 Å². The van der Waals surface area contributed by atoms with Crippen molar-refractivity contribution in [1.82, 2.24) is 15.2 Å². The highest BCUT2D eigenvalue weighted by atomic mass is 15.2. The summed E-state index contributed by atoms with van der Waals surface area (Å²) in [7, 11) is 0. The Morgan fingerprint density at radius 3 is 2.86 bits per heavy atom. The van der Waals surface area contributed by atoms with Crippen molar-refractivity contribution in [2.45, 2.75) is 58.7 Å². The molecule has 0 amide bonds. The molecular weight excluding hydrogens is 258 g/mol. The number of nitrogens with one attached hydrogen (secondary N) is 1. The van der Waals surface area contributed by atoms with E-state index in [0.717, 1.165) is 30.6 Å². The third-order valence-corrected chi connectivity index (χ3v) is 5.29. The zero-order chi connectivity index (χ0) is 14.8. The van der Waals surface area contributed by atoms with E-state index in [1.807, 2.05) is 0 Å². The largest absolute Gasteiger partial charge is 0.311 e. The minimum absolute atomic E-state index is 0.646. The molecule has 0 radical (unpaired) electrons. The van der Waals surface area contributed by atoms with Gasteiger partial charge < -0.3 is 5.32 Å². The Hall–Kier alpha value is -0.930. The number of hydrogen-bond acceptors (Lipinski definition) is 3. The molecule has 3 heteroatoms. The van der Waals surface area contributed by atoms with Crippen LogP contribution in [-0.2, 0) is 6.54 Å². The van der Waals surface area contributed by atoms with E-state index in [1.54, 1.807) is 0 Å². The predicted octanol–water partition coefficient (Wildman–Crippen LogP) is 2.99. The fourth-order valence-electron chi connectivity index (χ4n) is 3.58. The first-order valence-corrected chi connectivity index (χ1v) is 8.57. The number of pyridine rings is 1. The second-order valence-electron chi connectivity index (χ2n) is 7.00. The first-order chi connectivity index (χ1) is 10.2. The van der Waals surface area contributed by atoms with Gasteiger partial charge in [0.25, 0.3) is 0 Å². The summed E-state index contributed by atoms with van der Waals surface area (Å²) in [5.41, 5.74) is 2.35. The highest BCUT2D eigenvalue weighted by Crippen LogP contribution is 2.35. The van der Waals surface area contributed by atoms with Crippen molar-refractivity contribution in [2.75, 3.05) is 13.1 Å². The lowest BCUT2D eigenvalue weighted by Crippen LogP contribution is -2.58. The van der Waals surface area contributed by atoms with E-state index in [0.29, 0.717) is 12.1 Å². The summed E-state index contributed by atoms with van der Waals surface area (Å²) in [6.07, 6.45) is 4.09. The van der Waals surface area contributed by atoms with Crippen LogP contribution in [0.3, 0.4) is 0 Å². The van der Waals surface area contributed by atoms with Crippen LogP contribution in [0.15, 0.2) is 18.2 Å². The van der Waals surface area contributed by atoms with Crippen LogP contribution in [0.5, 0.6) is 0 Å². The Bertz CT molecular complexity index is 469. The Morgan fingerprint density at radius 1 is 1.38 bits per heavy atom. The van der Waals surface area contributed by atoms with Crippen LogP contribution in [0.4, 0.5) is 0 Å². The maximum absolute atomic E-state index is 4.71. The maximum atomic E-state index is 4.71. The normalized spacial score (nSPS) is 28.5. The average molecular weight is 287 g/mol. The smallest absolute Gasteiger partial charge is 0.0547 e. The molecule has 1 aromatic rings. The first kappa shape index (κ1) is 15.0. The minimum atomic E-state index is 0.646. The van der Waals surface area contributed by atoms with Gasteiger partial charge >= 0.3 is 0 Å². The van der Waals surface area contributed by atoms with E-state index >= 15 is 0 Å². The fourth-order valence-corrected chi connectivity index (χ4v) is 3.58. The zero-order valence-corrected chi connectivity index (χ0v) is 13.7. The molecule has 1 aromatic heterocycles. The van der Waals surface area contributed by atoms with Crippen molar-refractivity contribution >= 4 is 0 Å². The molecule has 1 aliphatic carbocycles. The van der Waals surface area contributed by atoms with Crippen LogP contribution < -0.4 is 5.32 Å². The number of hydrogen-bond donors (Lipinski definition) is 1. The van der Waals surface area contributed by atoms with Crippen LogP contribution in [0.1, 0.15) is 44.5 Å². The van der Waals surface area contributed by atoms with E-state index in [-0.39, 0.29) is 0 Å². The molecule has 116 valence electrons. The fraction of sp³-hybridized carbons (Fsp3) is 0.722. The van der Waals surface area contributed by atoms with E-state index in [2.05, 4.69) is 49.2 Å². The van der Waals surface area contributed by atoms with Gasteiger partial charge in [0.15, 0.2) is 0 Å². The lowest BCUT2D eigenvalue weighted by molar-refractivity contribution is 0.0775. The van der Waals surface area contributed by atoms with Crippen molar-refractivity contribution in [1.29, 1.82) is 0 Å². The Balaban J connectivity index is 1.72. The summed E-state index contributed by atoms with van der Waals surface area (Å²) in [6, 6.07) is 7.74. The molecule has 1 saturated carbocycles. The number of rotatable bonds is 5. The lowest BCUT2D eigenvalue weighted by Gasteiger charge is -2.43. The van der Waals surface area contributed by atoms with E-state index in [1.165, 1.54) is 31.5 Å². The van der Waals surface area contributed by atoms with E-state index in [9.17, 15) is 0 Å². The monoisotopic (exact) mass is 287 g/mol. The summed E-state index contributed by atoms with van der Waals surface area (Å²) in [4.78, 5) is 7.40. The topological polar surface area (TPSA) is 28.2 Å². The van der Waals surface area contributed by atoms with Gasteiger partial charge in [0, 0.05) is 37.4 Å². The molecule has 21 heavy (non-hydrogen) atoms. The Labute approximate surface area is 129 Å². The molecule has 1 saturated heterocycles. The Kier molecular flexibility index (Phi) is 4.60. The molecule has 0 bridgehead atoms. The van der Waals surface area contributed by atoms with Gasteiger partial charge in [0.05, 0.1) is 5.69 Å². The highest BCUT2D eigenvalue weighted by Gasteiger charge is 2.38. The molecular formula is C18H29N3. The number of aryl methyl sites for hydroxylation is 1. The molecule has 1 aliphatic heterocycles. The Morgan fingerprint density at radius 2 is 2.19 bits per heavy atom. The van der Waals surface area contributed by atoms with Crippen molar-refractivity contribution in [3.05, 3.63) is 29.6 Å². The molecule has 3 rings (SSSR count). The molecule has 3 unspecified atom stereocenters. The van der Waals surface area contributed by atoms with Gasteiger partial charge in [-0.2, -0.15) is 0 Å².